The first-order valence-electron chi connectivity index (χ1n) is 11.3. The van der Waals surface area contributed by atoms with Gasteiger partial charge in [0.2, 0.25) is 0 Å². The second kappa shape index (κ2) is 9.97. The number of hydrogen-bond donors (Lipinski definition) is 1. The van der Waals surface area contributed by atoms with E-state index in [0.717, 1.165) is 28.3 Å². The molecule has 4 aromatic carbocycles. The van der Waals surface area contributed by atoms with Crippen LogP contribution in [-0.4, -0.2) is 15.7 Å². The van der Waals surface area contributed by atoms with Gasteiger partial charge in [-0.15, -0.1) is 0 Å². The Morgan fingerprint density at radius 2 is 1.34 bits per heavy atom. The van der Waals surface area contributed by atoms with E-state index >= 15 is 0 Å². The molecule has 0 bridgehead atoms. The summed E-state index contributed by atoms with van der Waals surface area (Å²) >= 11 is 0. The standard InChI is InChI=1S/C29H23N5O/c1-21-20-28(22-8-4-2-5-9-22)34(33-21)27-18-12-23(13-19-27)29(35)30-24-14-16-26(17-15-24)32-31-25-10-6-3-7-11-25/h2-20H,1H3,(H,30,35). The van der Waals surface area contributed by atoms with Crippen molar-refractivity contribution in [2.24, 2.45) is 10.2 Å². The smallest absolute Gasteiger partial charge is 0.255 e. The van der Waals surface area contributed by atoms with Crippen molar-refractivity contribution >= 4 is 23.0 Å². The van der Waals surface area contributed by atoms with Crippen molar-refractivity contribution in [3.63, 3.8) is 0 Å². The number of nitrogens with one attached hydrogen (secondary N) is 1. The predicted octanol–water partition coefficient (Wildman–Crippen LogP) is 7.52. The Hall–Kier alpha value is -4.84. The highest BCUT2D eigenvalue weighted by Crippen LogP contribution is 2.24. The van der Waals surface area contributed by atoms with Crippen LogP contribution < -0.4 is 5.32 Å². The van der Waals surface area contributed by atoms with Crippen molar-refractivity contribution < 1.29 is 4.79 Å². The van der Waals surface area contributed by atoms with Gasteiger partial charge in [-0.05, 0) is 73.7 Å². The van der Waals surface area contributed by atoms with E-state index in [-0.39, 0.29) is 5.91 Å². The molecule has 0 spiro atoms. The normalized spacial score (nSPS) is 11.0. The molecule has 6 nitrogen and oxygen atoms in total. The van der Waals surface area contributed by atoms with Crippen molar-refractivity contribution in [3.05, 3.63) is 127 Å². The number of aromatic nitrogens is 2. The number of carbonyl (C=O) groups is 1. The molecule has 0 aliphatic carbocycles. The topological polar surface area (TPSA) is 71.6 Å². The average molecular weight is 458 g/mol. The van der Waals surface area contributed by atoms with Crippen molar-refractivity contribution in [2.45, 2.75) is 6.92 Å². The number of hydrogen-bond acceptors (Lipinski definition) is 4. The van der Waals surface area contributed by atoms with Gasteiger partial charge in [0.15, 0.2) is 0 Å². The third kappa shape index (κ3) is 5.23. The highest BCUT2D eigenvalue weighted by Gasteiger charge is 2.11. The first-order valence-corrected chi connectivity index (χ1v) is 11.3. The molecule has 1 N–H and O–H groups in total. The monoisotopic (exact) mass is 457 g/mol. The van der Waals surface area contributed by atoms with E-state index in [1.165, 1.54) is 0 Å². The fourth-order valence-electron chi connectivity index (χ4n) is 3.69. The molecule has 5 aromatic rings. The van der Waals surface area contributed by atoms with Gasteiger partial charge in [0.25, 0.3) is 5.91 Å². The SMILES string of the molecule is Cc1cc(-c2ccccc2)n(-c2ccc(C(=O)Nc3ccc(N=Nc4ccccc4)cc3)cc2)n1. The Morgan fingerprint density at radius 3 is 2.00 bits per heavy atom. The molecule has 0 aliphatic heterocycles. The molecule has 1 heterocycles. The number of benzene rings is 4. The van der Waals surface area contributed by atoms with E-state index in [1.54, 1.807) is 12.1 Å². The van der Waals surface area contributed by atoms with Crippen LogP contribution in [0.4, 0.5) is 17.1 Å². The number of amides is 1. The Kier molecular flexibility index (Phi) is 6.26. The molecule has 0 atom stereocenters. The number of nitrogens with zero attached hydrogens (tertiary/aromatic N) is 4. The summed E-state index contributed by atoms with van der Waals surface area (Å²) in [5.74, 6) is -0.185. The lowest BCUT2D eigenvalue weighted by Crippen LogP contribution is -2.12. The van der Waals surface area contributed by atoms with Gasteiger partial charge >= 0.3 is 0 Å². The zero-order valence-electron chi connectivity index (χ0n) is 19.2. The molecule has 0 unspecified atom stereocenters. The molecule has 1 aromatic heterocycles. The Labute approximate surface area is 203 Å². The minimum atomic E-state index is -0.185. The Bertz CT molecular complexity index is 1460. The third-order valence-electron chi connectivity index (χ3n) is 5.44. The summed E-state index contributed by atoms with van der Waals surface area (Å²) in [4.78, 5) is 12.8. The van der Waals surface area contributed by atoms with Gasteiger partial charge < -0.3 is 5.32 Å². The van der Waals surface area contributed by atoms with Gasteiger partial charge in [0.1, 0.15) is 0 Å². The zero-order valence-corrected chi connectivity index (χ0v) is 19.2. The van der Waals surface area contributed by atoms with Crippen molar-refractivity contribution in [3.8, 4) is 16.9 Å². The first kappa shape index (κ1) is 22.0. The summed E-state index contributed by atoms with van der Waals surface area (Å²) < 4.78 is 1.90. The lowest BCUT2D eigenvalue weighted by atomic mass is 10.1. The van der Waals surface area contributed by atoms with Crippen LogP contribution in [0.15, 0.2) is 125 Å². The van der Waals surface area contributed by atoms with Crippen LogP contribution in [0.3, 0.4) is 0 Å². The molecule has 0 aliphatic rings. The van der Waals surface area contributed by atoms with Crippen LogP contribution in [0.25, 0.3) is 16.9 Å². The maximum Gasteiger partial charge on any atom is 0.255 e. The van der Waals surface area contributed by atoms with E-state index in [0.29, 0.717) is 16.9 Å². The van der Waals surface area contributed by atoms with E-state index in [9.17, 15) is 4.79 Å². The van der Waals surface area contributed by atoms with Crippen molar-refractivity contribution in [2.75, 3.05) is 5.32 Å². The molecule has 0 saturated heterocycles. The molecule has 0 fully saturated rings. The maximum atomic E-state index is 12.8. The fraction of sp³-hybridized carbons (Fsp3) is 0.0345. The second-order valence-corrected chi connectivity index (χ2v) is 8.03. The van der Waals surface area contributed by atoms with Crippen LogP contribution >= 0.6 is 0 Å². The van der Waals surface area contributed by atoms with Gasteiger partial charge in [0, 0.05) is 16.8 Å². The summed E-state index contributed by atoms with van der Waals surface area (Å²) in [7, 11) is 0. The summed E-state index contributed by atoms with van der Waals surface area (Å²) in [5.41, 5.74) is 6.65. The highest BCUT2D eigenvalue weighted by molar-refractivity contribution is 6.04. The summed E-state index contributed by atoms with van der Waals surface area (Å²) in [6.07, 6.45) is 0. The predicted molar refractivity (Wildman–Crippen MR) is 139 cm³/mol. The van der Waals surface area contributed by atoms with E-state index in [1.807, 2.05) is 96.5 Å². The van der Waals surface area contributed by atoms with E-state index in [2.05, 4.69) is 38.8 Å². The molecular weight excluding hydrogens is 434 g/mol. The van der Waals surface area contributed by atoms with Gasteiger partial charge in [-0.1, -0.05) is 48.5 Å². The minimum absolute atomic E-state index is 0.185. The molecule has 6 heteroatoms. The molecule has 1 amide bonds. The average Bonchev–Trinajstić information content (AvgIpc) is 3.31. The third-order valence-corrected chi connectivity index (χ3v) is 5.44. The molecule has 35 heavy (non-hydrogen) atoms. The fourth-order valence-corrected chi connectivity index (χ4v) is 3.69. The summed E-state index contributed by atoms with van der Waals surface area (Å²) in [6, 6.07) is 36.4. The summed E-state index contributed by atoms with van der Waals surface area (Å²) in [6.45, 7) is 1.97. The molecular formula is C29H23N5O. The zero-order chi connectivity index (χ0) is 24.0. The first-order chi connectivity index (χ1) is 17.2. The number of anilines is 1. The Morgan fingerprint density at radius 1 is 0.743 bits per heavy atom. The van der Waals surface area contributed by atoms with Crippen LogP contribution in [0.1, 0.15) is 16.1 Å². The van der Waals surface area contributed by atoms with Crippen molar-refractivity contribution in [1.29, 1.82) is 0 Å². The van der Waals surface area contributed by atoms with E-state index in [4.69, 9.17) is 0 Å². The number of aryl methyl sites for hydroxylation is 1. The lowest BCUT2D eigenvalue weighted by Gasteiger charge is -2.09. The Balaban J connectivity index is 1.28. The van der Waals surface area contributed by atoms with Gasteiger partial charge in [-0.3, -0.25) is 4.79 Å². The van der Waals surface area contributed by atoms with Crippen LogP contribution in [0.2, 0.25) is 0 Å². The van der Waals surface area contributed by atoms with Gasteiger partial charge in [-0.2, -0.15) is 15.3 Å². The van der Waals surface area contributed by atoms with Gasteiger partial charge in [0.05, 0.1) is 28.5 Å². The molecule has 170 valence electrons. The van der Waals surface area contributed by atoms with Crippen LogP contribution in [0, 0.1) is 6.92 Å². The number of carbonyl (C=O) groups excluding carboxylic acids is 1. The molecule has 5 rings (SSSR count). The van der Waals surface area contributed by atoms with Gasteiger partial charge in [-0.25, -0.2) is 4.68 Å². The maximum absolute atomic E-state index is 12.8. The second-order valence-electron chi connectivity index (χ2n) is 8.03. The molecule has 0 saturated carbocycles. The minimum Gasteiger partial charge on any atom is -0.322 e. The molecule has 0 radical (unpaired) electrons. The number of rotatable bonds is 6. The highest BCUT2D eigenvalue weighted by atomic mass is 16.1. The van der Waals surface area contributed by atoms with Crippen LogP contribution in [-0.2, 0) is 0 Å². The summed E-state index contributed by atoms with van der Waals surface area (Å²) in [5, 5.41) is 16.0. The van der Waals surface area contributed by atoms with Crippen LogP contribution in [0.5, 0.6) is 0 Å². The lowest BCUT2D eigenvalue weighted by molar-refractivity contribution is 0.102. The van der Waals surface area contributed by atoms with E-state index < -0.39 is 0 Å². The van der Waals surface area contributed by atoms with Crippen molar-refractivity contribution in [1.82, 2.24) is 9.78 Å². The quantitative estimate of drug-likeness (QED) is 0.268. The number of azo groups is 1. The largest absolute Gasteiger partial charge is 0.322 e.